The molecular formula is C29H51NO7S. The number of aliphatic hydroxyl groups excluding tert-OH is 3. The van der Waals surface area contributed by atoms with Crippen LogP contribution in [0.4, 0.5) is 0 Å². The van der Waals surface area contributed by atoms with Gasteiger partial charge in [-0.2, -0.15) is 8.42 Å². The second kappa shape index (κ2) is 10.9. The van der Waals surface area contributed by atoms with Gasteiger partial charge in [-0.15, -0.1) is 0 Å². The van der Waals surface area contributed by atoms with E-state index in [9.17, 15) is 28.5 Å². The lowest BCUT2D eigenvalue weighted by atomic mass is 9.41. The van der Waals surface area contributed by atoms with Crippen molar-refractivity contribution in [1.29, 1.82) is 0 Å². The van der Waals surface area contributed by atoms with Gasteiger partial charge in [0.1, 0.15) is 0 Å². The largest absolute Gasteiger partial charge is 0.393 e. The monoisotopic (exact) mass is 557 g/mol. The molecule has 0 saturated heterocycles. The first-order valence-corrected chi connectivity index (χ1v) is 16.5. The second-order valence-corrected chi connectivity index (χ2v) is 15.5. The Morgan fingerprint density at radius 2 is 1.71 bits per heavy atom. The molecule has 0 aromatic heterocycles. The molecule has 4 saturated carbocycles. The Balaban J connectivity index is 1.51. The van der Waals surface area contributed by atoms with Gasteiger partial charge in [-0.3, -0.25) is 9.35 Å². The minimum atomic E-state index is -4.12. The van der Waals surface area contributed by atoms with Crippen molar-refractivity contribution in [3.05, 3.63) is 0 Å². The summed E-state index contributed by atoms with van der Waals surface area (Å²) >= 11 is 0. The summed E-state index contributed by atoms with van der Waals surface area (Å²) in [6.45, 7) is 10.6. The van der Waals surface area contributed by atoms with Gasteiger partial charge in [0.05, 0.1) is 24.1 Å². The number of nitrogens with one attached hydrogen (secondary N) is 1. The molecular weight excluding hydrogens is 506 g/mol. The fourth-order valence-electron chi connectivity index (χ4n) is 10.2. The normalized spacial score (nSPS) is 46.4. The van der Waals surface area contributed by atoms with Crippen LogP contribution in [0.15, 0.2) is 0 Å². The Morgan fingerprint density at radius 1 is 1.03 bits per heavy atom. The summed E-state index contributed by atoms with van der Waals surface area (Å²) in [7, 11) is -4.12. The number of carbonyl (C=O) groups excluding carboxylic acids is 1. The van der Waals surface area contributed by atoms with Gasteiger partial charge in [0.25, 0.3) is 10.1 Å². The number of hydrogen-bond donors (Lipinski definition) is 5. The molecule has 4 aliphatic carbocycles. The van der Waals surface area contributed by atoms with Crippen LogP contribution in [-0.2, 0) is 14.9 Å². The zero-order valence-electron chi connectivity index (χ0n) is 23.8. The summed E-state index contributed by atoms with van der Waals surface area (Å²) in [5.41, 5.74) is -0.317. The molecule has 0 aromatic carbocycles. The summed E-state index contributed by atoms with van der Waals surface area (Å²) in [4.78, 5) is 12.6. The van der Waals surface area contributed by atoms with Crippen LogP contribution in [0, 0.1) is 58.2 Å². The van der Waals surface area contributed by atoms with Gasteiger partial charge in [0, 0.05) is 12.5 Å². The average molecular weight is 558 g/mol. The summed E-state index contributed by atoms with van der Waals surface area (Å²) in [5, 5.41) is 36.8. The van der Waals surface area contributed by atoms with Crippen molar-refractivity contribution in [2.75, 3.05) is 12.3 Å². The van der Waals surface area contributed by atoms with Gasteiger partial charge in [0.2, 0.25) is 5.91 Å². The zero-order valence-corrected chi connectivity index (χ0v) is 24.7. The highest BCUT2D eigenvalue weighted by Crippen LogP contribution is 2.69. The van der Waals surface area contributed by atoms with Crippen LogP contribution in [0.1, 0.15) is 86.0 Å². The van der Waals surface area contributed by atoms with Crippen molar-refractivity contribution in [2.45, 2.75) is 104 Å². The van der Waals surface area contributed by atoms with Crippen LogP contribution in [0.2, 0.25) is 0 Å². The molecule has 0 heterocycles. The van der Waals surface area contributed by atoms with Crippen LogP contribution in [-0.4, -0.2) is 64.8 Å². The van der Waals surface area contributed by atoms with E-state index in [1.54, 1.807) is 0 Å². The molecule has 0 spiro atoms. The molecule has 1 amide bonds. The van der Waals surface area contributed by atoms with Crippen molar-refractivity contribution in [2.24, 2.45) is 58.2 Å². The minimum absolute atomic E-state index is 0.0183. The van der Waals surface area contributed by atoms with Crippen molar-refractivity contribution in [3.8, 4) is 0 Å². The highest BCUT2D eigenvalue weighted by Gasteiger charge is 2.67. The van der Waals surface area contributed by atoms with Gasteiger partial charge < -0.3 is 20.6 Å². The SMILES string of the molecule is CC[C@H]1[C@@H](O)C2C3CC[C@H]([C@@H](C)CC(C)C(=O)NCCS(=O)(=O)O)[C@@]3(C)[C@@H](O)CC2[C@@]2(C)CC[C@@H](O)C[C@@H]12. The molecule has 8 nitrogen and oxygen atoms in total. The predicted octanol–water partition coefficient (Wildman–Crippen LogP) is 3.25. The maximum atomic E-state index is 12.6. The molecule has 0 radical (unpaired) electrons. The third kappa shape index (κ3) is 5.19. The van der Waals surface area contributed by atoms with E-state index in [2.05, 4.69) is 33.0 Å². The number of amides is 1. The summed E-state index contributed by atoms with van der Waals surface area (Å²) in [6, 6.07) is 0. The molecule has 5 N–H and O–H groups in total. The van der Waals surface area contributed by atoms with E-state index in [1.807, 2.05) is 6.92 Å². The lowest BCUT2D eigenvalue weighted by Gasteiger charge is -2.65. The first kappa shape index (κ1) is 30.2. The second-order valence-electron chi connectivity index (χ2n) is 13.9. The van der Waals surface area contributed by atoms with Crippen LogP contribution in [0.5, 0.6) is 0 Å². The minimum Gasteiger partial charge on any atom is -0.393 e. The molecule has 4 fully saturated rings. The molecule has 4 rings (SSSR count). The zero-order chi connectivity index (χ0) is 28.2. The molecule has 4 aliphatic rings. The molecule has 0 aromatic rings. The molecule has 220 valence electrons. The van der Waals surface area contributed by atoms with Crippen LogP contribution in [0.3, 0.4) is 0 Å². The Kier molecular flexibility index (Phi) is 8.68. The van der Waals surface area contributed by atoms with E-state index in [0.717, 1.165) is 38.5 Å². The first-order chi connectivity index (χ1) is 17.6. The van der Waals surface area contributed by atoms with Crippen LogP contribution >= 0.6 is 0 Å². The first-order valence-electron chi connectivity index (χ1n) is 14.9. The van der Waals surface area contributed by atoms with E-state index in [1.165, 1.54) is 0 Å². The van der Waals surface area contributed by atoms with E-state index in [-0.39, 0.29) is 76.7 Å². The standard InChI is InChI=1S/C29H51NO7S/c1-6-19-22-14-18(31)9-10-28(22,4)23-15-24(32)29(5)20(7-8-21(29)25(23)26(19)33)16(2)13-17(3)27(34)30-11-12-38(35,36)37/h16-26,31-33H,6-15H2,1-5H3,(H,30,34)(H,35,36,37)/t16-,17?,18+,19+,20+,21?,22-,23?,24-,25?,26+,28-,29+/m0/s1. The Bertz CT molecular complexity index is 974. The van der Waals surface area contributed by atoms with Gasteiger partial charge in [0.15, 0.2) is 0 Å². The van der Waals surface area contributed by atoms with E-state index in [0.29, 0.717) is 12.8 Å². The van der Waals surface area contributed by atoms with E-state index in [4.69, 9.17) is 4.55 Å². The summed E-state index contributed by atoms with van der Waals surface area (Å²) in [6.07, 6.45) is 5.43. The van der Waals surface area contributed by atoms with Gasteiger partial charge >= 0.3 is 0 Å². The Hall–Kier alpha value is -0.740. The molecule has 13 atom stereocenters. The van der Waals surface area contributed by atoms with Crippen molar-refractivity contribution in [3.63, 3.8) is 0 Å². The van der Waals surface area contributed by atoms with Crippen LogP contribution in [0.25, 0.3) is 0 Å². The molecule has 0 aliphatic heterocycles. The van der Waals surface area contributed by atoms with Gasteiger partial charge in [-0.05, 0) is 97.2 Å². The Labute approximate surface area is 229 Å². The summed E-state index contributed by atoms with van der Waals surface area (Å²) < 4.78 is 30.8. The van der Waals surface area contributed by atoms with Gasteiger partial charge in [-0.1, -0.05) is 41.0 Å². The van der Waals surface area contributed by atoms with Crippen LogP contribution < -0.4 is 5.32 Å². The predicted molar refractivity (Wildman–Crippen MR) is 146 cm³/mol. The molecule has 0 bridgehead atoms. The number of rotatable bonds is 8. The van der Waals surface area contributed by atoms with Crippen molar-refractivity contribution < 1.29 is 33.1 Å². The lowest BCUT2D eigenvalue weighted by molar-refractivity contribution is -0.228. The maximum Gasteiger partial charge on any atom is 0.266 e. The highest BCUT2D eigenvalue weighted by atomic mass is 32.2. The van der Waals surface area contributed by atoms with E-state index < -0.39 is 28.1 Å². The van der Waals surface area contributed by atoms with E-state index >= 15 is 0 Å². The van der Waals surface area contributed by atoms with Gasteiger partial charge in [-0.25, -0.2) is 0 Å². The number of fused-ring (bicyclic) bond motifs is 5. The highest BCUT2D eigenvalue weighted by molar-refractivity contribution is 7.85. The number of aliphatic hydroxyl groups is 3. The molecule has 9 heteroatoms. The topological polar surface area (TPSA) is 144 Å². The number of carbonyl (C=O) groups is 1. The fourth-order valence-corrected chi connectivity index (χ4v) is 10.6. The summed E-state index contributed by atoms with van der Waals surface area (Å²) in [5.74, 6) is 0.401. The van der Waals surface area contributed by atoms with Crippen molar-refractivity contribution in [1.82, 2.24) is 5.32 Å². The fraction of sp³-hybridized carbons (Fsp3) is 0.966. The maximum absolute atomic E-state index is 12.6. The third-order valence-corrected chi connectivity index (χ3v) is 12.8. The molecule has 38 heavy (non-hydrogen) atoms. The Morgan fingerprint density at radius 3 is 2.34 bits per heavy atom. The number of hydrogen-bond acceptors (Lipinski definition) is 6. The lowest BCUT2D eigenvalue weighted by Crippen LogP contribution is -2.65. The smallest absolute Gasteiger partial charge is 0.266 e. The third-order valence-electron chi connectivity index (χ3n) is 12.1. The molecule has 4 unspecified atom stereocenters. The average Bonchev–Trinajstić information content (AvgIpc) is 3.19. The quantitative estimate of drug-likeness (QED) is 0.288. The van der Waals surface area contributed by atoms with Crippen molar-refractivity contribution >= 4 is 16.0 Å².